The fraction of sp³-hybridized carbons (Fsp3) is 0.464. The van der Waals surface area contributed by atoms with Gasteiger partial charge in [0.15, 0.2) is 0 Å². The number of nitrogens with zero attached hydrogens (tertiary/aromatic N) is 2. The van der Waals surface area contributed by atoms with Gasteiger partial charge in [0.1, 0.15) is 5.60 Å². The third-order valence-corrected chi connectivity index (χ3v) is 6.83. The summed E-state index contributed by atoms with van der Waals surface area (Å²) in [6, 6.07) is 6.03. The van der Waals surface area contributed by atoms with Crippen LogP contribution in [0, 0.1) is 5.92 Å². The molecule has 0 radical (unpaired) electrons. The summed E-state index contributed by atoms with van der Waals surface area (Å²) < 4.78 is 5.59. The van der Waals surface area contributed by atoms with E-state index in [-0.39, 0.29) is 23.9 Å². The molecule has 0 spiro atoms. The minimum absolute atomic E-state index is 0.190. The highest BCUT2D eigenvalue weighted by Crippen LogP contribution is 2.35. The van der Waals surface area contributed by atoms with E-state index >= 15 is 0 Å². The molecular formula is C28H36N4O4. The van der Waals surface area contributed by atoms with Crippen LogP contribution >= 0.6 is 0 Å². The molecule has 1 aromatic rings. The monoisotopic (exact) mass is 492 g/mol. The summed E-state index contributed by atoms with van der Waals surface area (Å²) in [6.45, 7) is 12.8. The average molecular weight is 493 g/mol. The number of rotatable bonds is 6. The Morgan fingerprint density at radius 2 is 1.94 bits per heavy atom. The molecule has 3 amide bonds. The normalized spacial score (nSPS) is 20.9. The van der Waals surface area contributed by atoms with Crippen molar-refractivity contribution in [3.63, 3.8) is 0 Å². The van der Waals surface area contributed by atoms with Crippen molar-refractivity contribution in [3.8, 4) is 0 Å². The van der Waals surface area contributed by atoms with Gasteiger partial charge in [0.25, 0.3) is 11.8 Å². The van der Waals surface area contributed by atoms with Gasteiger partial charge in [0, 0.05) is 38.1 Å². The van der Waals surface area contributed by atoms with E-state index in [1.807, 2.05) is 43.9 Å². The summed E-state index contributed by atoms with van der Waals surface area (Å²) in [6.07, 6.45) is 5.72. The molecule has 192 valence electrons. The SMILES string of the molecule is C=C1C(C(=O)NC)=CC(C(=O)N[C@H]2C[C@@H]2CC)=CN1Cc1cccc2c1CCN2C(=O)OC(C)(C)C. The predicted octanol–water partition coefficient (Wildman–Crippen LogP) is 3.78. The number of ether oxygens (including phenoxy) is 1. The molecule has 36 heavy (non-hydrogen) atoms. The van der Waals surface area contributed by atoms with Gasteiger partial charge in [-0.25, -0.2) is 4.79 Å². The standard InChI is InChI=1S/C28H36N4O4/c1-7-18-14-23(18)30-25(33)20-13-22(26(34)29-6)17(2)31(16-20)15-19-9-8-10-24-21(19)11-12-32(24)27(35)36-28(3,4)5/h8-10,13,16,18,23H,2,7,11-12,14-15H2,1,3-6H3,(H,29,34)(H,30,33)/t18-,23-/m0/s1. The Morgan fingerprint density at radius 3 is 2.58 bits per heavy atom. The van der Waals surface area contributed by atoms with Crippen LogP contribution in [0.25, 0.3) is 0 Å². The molecule has 0 unspecified atom stereocenters. The van der Waals surface area contributed by atoms with Crippen LogP contribution in [0.3, 0.4) is 0 Å². The molecule has 1 fully saturated rings. The second-order valence-corrected chi connectivity index (χ2v) is 10.6. The van der Waals surface area contributed by atoms with Crippen molar-refractivity contribution in [2.75, 3.05) is 18.5 Å². The van der Waals surface area contributed by atoms with Gasteiger partial charge in [-0.3, -0.25) is 14.5 Å². The third kappa shape index (κ3) is 5.32. The zero-order chi connectivity index (χ0) is 26.2. The van der Waals surface area contributed by atoms with Crippen LogP contribution in [0.2, 0.25) is 0 Å². The first-order valence-electron chi connectivity index (χ1n) is 12.6. The molecule has 3 aliphatic rings. The lowest BCUT2D eigenvalue weighted by atomic mass is 10.00. The fourth-order valence-corrected chi connectivity index (χ4v) is 4.75. The quantitative estimate of drug-likeness (QED) is 0.631. The van der Waals surface area contributed by atoms with Gasteiger partial charge in [0.05, 0.1) is 16.8 Å². The number of anilines is 1. The molecule has 2 aliphatic heterocycles. The zero-order valence-corrected chi connectivity index (χ0v) is 21.8. The number of amides is 3. The summed E-state index contributed by atoms with van der Waals surface area (Å²) in [7, 11) is 1.56. The van der Waals surface area contributed by atoms with Gasteiger partial charge >= 0.3 is 6.09 Å². The topological polar surface area (TPSA) is 91.0 Å². The first kappa shape index (κ1) is 25.5. The number of carbonyl (C=O) groups excluding carboxylic acids is 3. The Labute approximate surface area is 213 Å². The van der Waals surface area contributed by atoms with E-state index < -0.39 is 5.60 Å². The smallest absolute Gasteiger partial charge is 0.414 e. The van der Waals surface area contributed by atoms with E-state index in [9.17, 15) is 14.4 Å². The van der Waals surface area contributed by atoms with Gasteiger partial charge in [-0.05, 0) is 62.8 Å². The fourth-order valence-electron chi connectivity index (χ4n) is 4.75. The van der Waals surface area contributed by atoms with Gasteiger partial charge in [-0.15, -0.1) is 0 Å². The highest BCUT2D eigenvalue weighted by atomic mass is 16.6. The second-order valence-electron chi connectivity index (χ2n) is 10.6. The van der Waals surface area contributed by atoms with Crippen LogP contribution in [-0.4, -0.2) is 48.0 Å². The van der Waals surface area contributed by atoms with Gasteiger partial charge < -0.3 is 20.3 Å². The Bertz CT molecular complexity index is 1160. The maximum Gasteiger partial charge on any atom is 0.414 e. The molecule has 4 rings (SSSR count). The van der Waals surface area contributed by atoms with E-state index in [0.717, 1.165) is 29.7 Å². The van der Waals surface area contributed by atoms with Crippen LogP contribution in [0.15, 0.2) is 53.9 Å². The molecule has 1 saturated carbocycles. The lowest BCUT2D eigenvalue weighted by Gasteiger charge is -2.29. The molecule has 2 atom stereocenters. The van der Waals surface area contributed by atoms with Crippen molar-refractivity contribution in [1.82, 2.24) is 15.5 Å². The van der Waals surface area contributed by atoms with Crippen LogP contribution in [-0.2, 0) is 27.3 Å². The Kier molecular flexibility index (Phi) is 6.98. The molecule has 8 heteroatoms. The van der Waals surface area contributed by atoms with Gasteiger partial charge in [-0.1, -0.05) is 32.1 Å². The molecular weight excluding hydrogens is 456 g/mol. The van der Waals surface area contributed by atoms with Crippen LogP contribution in [0.5, 0.6) is 0 Å². The van der Waals surface area contributed by atoms with Crippen LogP contribution < -0.4 is 15.5 Å². The maximum absolute atomic E-state index is 13.0. The van der Waals surface area contributed by atoms with Crippen LogP contribution in [0.4, 0.5) is 10.5 Å². The maximum atomic E-state index is 13.0. The summed E-state index contributed by atoms with van der Waals surface area (Å²) >= 11 is 0. The number of benzene rings is 1. The molecule has 0 bridgehead atoms. The lowest BCUT2D eigenvalue weighted by Crippen LogP contribution is -2.35. The van der Waals surface area contributed by atoms with Crippen molar-refractivity contribution in [2.24, 2.45) is 5.92 Å². The van der Waals surface area contributed by atoms with Crippen LogP contribution in [0.1, 0.15) is 51.7 Å². The van der Waals surface area contributed by atoms with Gasteiger partial charge in [-0.2, -0.15) is 0 Å². The van der Waals surface area contributed by atoms with Crippen molar-refractivity contribution in [3.05, 3.63) is 65.0 Å². The van der Waals surface area contributed by atoms with Crippen molar-refractivity contribution in [2.45, 2.75) is 65.1 Å². The number of likely N-dealkylation sites (N-methyl/N-ethyl adjacent to an activating group) is 1. The third-order valence-electron chi connectivity index (χ3n) is 6.83. The highest BCUT2D eigenvalue weighted by molar-refractivity contribution is 6.04. The van der Waals surface area contributed by atoms with E-state index in [1.54, 1.807) is 24.2 Å². The molecule has 1 aliphatic carbocycles. The number of carbonyl (C=O) groups is 3. The highest BCUT2D eigenvalue weighted by Gasteiger charge is 2.37. The molecule has 2 heterocycles. The predicted molar refractivity (Wildman–Crippen MR) is 139 cm³/mol. The first-order chi connectivity index (χ1) is 17.0. The summed E-state index contributed by atoms with van der Waals surface area (Å²) in [4.78, 5) is 41.9. The van der Waals surface area contributed by atoms with E-state index in [0.29, 0.717) is 42.3 Å². The molecule has 0 saturated heterocycles. The second kappa shape index (κ2) is 9.84. The van der Waals surface area contributed by atoms with E-state index in [2.05, 4.69) is 24.1 Å². The average Bonchev–Trinajstić information content (AvgIpc) is 3.42. The van der Waals surface area contributed by atoms with Crippen molar-refractivity contribution in [1.29, 1.82) is 0 Å². The Balaban J connectivity index is 1.59. The Hall–Kier alpha value is -3.55. The van der Waals surface area contributed by atoms with Gasteiger partial charge in [0.2, 0.25) is 0 Å². The summed E-state index contributed by atoms with van der Waals surface area (Å²) in [5.74, 6) is 0.0336. The van der Waals surface area contributed by atoms with Crippen molar-refractivity contribution >= 4 is 23.6 Å². The largest absolute Gasteiger partial charge is 0.443 e. The first-order valence-corrected chi connectivity index (χ1v) is 12.6. The number of fused-ring (bicyclic) bond motifs is 1. The molecule has 2 N–H and O–H groups in total. The summed E-state index contributed by atoms with van der Waals surface area (Å²) in [5, 5.41) is 5.73. The van der Waals surface area contributed by atoms with E-state index in [1.165, 1.54) is 0 Å². The van der Waals surface area contributed by atoms with E-state index in [4.69, 9.17) is 4.74 Å². The number of hydrogen-bond donors (Lipinski definition) is 2. The lowest BCUT2D eigenvalue weighted by molar-refractivity contribution is -0.117. The molecule has 8 nitrogen and oxygen atoms in total. The minimum atomic E-state index is -0.578. The number of hydrogen-bond acceptors (Lipinski definition) is 5. The number of nitrogens with one attached hydrogen (secondary N) is 2. The Morgan fingerprint density at radius 1 is 1.19 bits per heavy atom. The summed E-state index contributed by atoms with van der Waals surface area (Å²) in [5.41, 5.74) is 3.60. The molecule has 0 aromatic heterocycles. The zero-order valence-electron chi connectivity index (χ0n) is 21.8. The van der Waals surface area contributed by atoms with Crippen molar-refractivity contribution < 1.29 is 19.1 Å². The molecule has 1 aromatic carbocycles. The minimum Gasteiger partial charge on any atom is -0.443 e.